The Morgan fingerprint density at radius 3 is 2.50 bits per heavy atom. The Labute approximate surface area is 147 Å². The maximum Gasteiger partial charge on any atom is 0.247 e. The lowest BCUT2D eigenvalue weighted by Gasteiger charge is -2.36. The highest BCUT2D eigenvalue weighted by Crippen LogP contribution is 2.18. The van der Waals surface area contributed by atoms with Crippen LogP contribution in [0, 0.1) is 0 Å². The maximum atomic E-state index is 12.8. The van der Waals surface area contributed by atoms with Crippen LogP contribution in [0.1, 0.15) is 24.9 Å². The molecule has 3 rings (SSSR count). The van der Waals surface area contributed by atoms with Crippen LogP contribution in [0.2, 0.25) is 5.02 Å². The molecule has 2 heterocycles. The number of aromatic nitrogens is 2. The van der Waals surface area contributed by atoms with Gasteiger partial charge in [-0.1, -0.05) is 48.9 Å². The minimum Gasteiger partial charge on any atom is -0.338 e. The molecule has 0 N–H and O–H groups in total. The summed E-state index contributed by atoms with van der Waals surface area (Å²) in [6.45, 7) is 6.26. The first kappa shape index (κ1) is 17.0. The molecular formula is C18H23ClN4O. The number of piperazine rings is 1. The van der Waals surface area contributed by atoms with E-state index in [1.54, 1.807) is 17.1 Å². The van der Waals surface area contributed by atoms with E-state index in [1.807, 2.05) is 17.9 Å². The fraction of sp³-hybridized carbons (Fsp3) is 0.444. The van der Waals surface area contributed by atoms with Crippen molar-refractivity contribution in [1.82, 2.24) is 19.6 Å². The Morgan fingerprint density at radius 1 is 1.21 bits per heavy atom. The third-order valence-electron chi connectivity index (χ3n) is 4.49. The zero-order valence-corrected chi connectivity index (χ0v) is 14.7. The third-order valence-corrected chi connectivity index (χ3v) is 4.69. The largest absolute Gasteiger partial charge is 0.338 e. The Balaban J connectivity index is 1.56. The highest BCUT2D eigenvalue weighted by Gasteiger charge is 2.28. The van der Waals surface area contributed by atoms with Gasteiger partial charge in [-0.15, -0.1) is 0 Å². The molecule has 0 aliphatic carbocycles. The van der Waals surface area contributed by atoms with Crippen molar-refractivity contribution in [3.63, 3.8) is 0 Å². The van der Waals surface area contributed by atoms with Crippen molar-refractivity contribution in [2.75, 3.05) is 26.2 Å². The summed E-state index contributed by atoms with van der Waals surface area (Å²) in [7, 11) is 0. The molecule has 0 radical (unpaired) electrons. The number of halogens is 1. The van der Waals surface area contributed by atoms with Gasteiger partial charge in [0.05, 0.1) is 11.2 Å². The lowest BCUT2D eigenvalue weighted by molar-refractivity contribution is -0.137. The molecule has 1 saturated heterocycles. The topological polar surface area (TPSA) is 41.4 Å². The number of benzene rings is 1. The van der Waals surface area contributed by atoms with Gasteiger partial charge in [0, 0.05) is 38.9 Å². The molecule has 0 spiro atoms. The van der Waals surface area contributed by atoms with Crippen LogP contribution in [-0.2, 0) is 11.3 Å². The molecule has 1 aromatic heterocycles. The highest BCUT2D eigenvalue weighted by molar-refractivity contribution is 6.30. The Kier molecular flexibility index (Phi) is 5.53. The third kappa shape index (κ3) is 3.97. The van der Waals surface area contributed by atoms with E-state index >= 15 is 0 Å². The molecule has 2 aromatic rings. The average molecular weight is 347 g/mol. The number of carbonyl (C=O) groups is 1. The van der Waals surface area contributed by atoms with E-state index in [4.69, 9.17) is 11.6 Å². The van der Waals surface area contributed by atoms with Gasteiger partial charge in [0.2, 0.25) is 5.91 Å². The van der Waals surface area contributed by atoms with Gasteiger partial charge in [0.15, 0.2) is 0 Å². The molecule has 1 aliphatic heterocycles. The van der Waals surface area contributed by atoms with Crippen molar-refractivity contribution in [3.8, 4) is 0 Å². The SMILES string of the molecule is CCC(C(=O)N1CCN(Cc2ccccc2)CC1)n1cc(Cl)cn1. The van der Waals surface area contributed by atoms with Gasteiger partial charge in [-0.25, -0.2) is 0 Å². The van der Waals surface area contributed by atoms with Gasteiger partial charge in [-0.2, -0.15) is 5.10 Å². The number of hydrogen-bond donors (Lipinski definition) is 0. The molecule has 0 bridgehead atoms. The fourth-order valence-corrected chi connectivity index (χ4v) is 3.28. The van der Waals surface area contributed by atoms with E-state index in [9.17, 15) is 4.79 Å². The zero-order valence-electron chi connectivity index (χ0n) is 13.9. The second kappa shape index (κ2) is 7.81. The van der Waals surface area contributed by atoms with Crippen LogP contribution in [-0.4, -0.2) is 51.7 Å². The summed E-state index contributed by atoms with van der Waals surface area (Å²) in [5, 5.41) is 4.76. The van der Waals surface area contributed by atoms with Gasteiger partial charge in [-0.05, 0) is 12.0 Å². The number of rotatable bonds is 5. The maximum absolute atomic E-state index is 12.8. The van der Waals surface area contributed by atoms with Crippen molar-refractivity contribution < 1.29 is 4.79 Å². The van der Waals surface area contributed by atoms with Crippen LogP contribution in [0.3, 0.4) is 0 Å². The van der Waals surface area contributed by atoms with Crippen LogP contribution in [0.15, 0.2) is 42.7 Å². The Morgan fingerprint density at radius 2 is 1.92 bits per heavy atom. The monoisotopic (exact) mass is 346 g/mol. The van der Waals surface area contributed by atoms with Crippen molar-refractivity contribution in [2.24, 2.45) is 0 Å². The summed E-state index contributed by atoms with van der Waals surface area (Å²) in [6, 6.07) is 10.2. The van der Waals surface area contributed by atoms with Gasteiger partial charge in [0.1, 0.15) is 6.04 Å². The van der Waals surface area contributed by atoms with Crippen LogP contribution in [0.4, 0.5) is 0 Å². The lowest BCUT2D eigenvalue weighted by atomic mass is 10.1. The van der Waals surface area contributed by atoms with Crippen molar-refractivity contribution in [2.45, 2.75) is 25.9 Å². The normalized spacial score (nSPS) is 17.0. The minimum atomic E-state index is -0.266. The molecule has 1 amide bonds. The number of nitrogens with zero attached hydrogens (tertiary/aromatic N) is 4. The summed E-state index contributed by atoms with van der Waals surface area (Å²) in [5.41, 5.74) is 1.31. The molecule has 24 heavy (non-hydrogen) atoms. The summed E-state index contributed by atoms with van der Waals surface area (Å²) in [4.78, 5) is 17.2. The van der Waals surface area contributed by atoms with Crippen LogP contribution < -0.4 is 0 Å². The first-order chi connectivity index (χ1) is 11.7. The summed E-state index contributed by atoms with van der Waals surface area (Å²) in [5.74, 6) is 0.136. The second-order valence-corrected chi connectivity index (χ2v) is 6.59. The van der Waals surface area contributed by atoms with E-state index in [0.717, 1.165) is 32.7 Å². The average Bonchev–Trinajstić information content (AvgIpc) is 3.03. The van der Waals surface area contributed by atoms with E-state index < -0.39 is 0 Å². The molecule has 5 nitrogen and oxygen atoms in total. The van der Waals surface area contributed by atoms with Gasteiger partial charge >= 0.3 is 0 Å². The van der Waals surface area contributed by atoms with Gasteiger partial charge in [-0.3, -0.25) is 14.4 Å². The van der Waals surface area contributed by atoms with E-state index in [1.165, 1.54) is 5.56 Å². The molecule has 1 fully saturated rings. The first-order valence-corrected chi connectivity index (χ1v) is 8.80. The molecule has 128 valence electrons. The molecular weight excluding hydrogens is 324 g/mol. The second-order valence-electron chi connectivity index (χ2n) is 6.15. The standard InChI is InChI=1S/C18H23ClN4O/c1-2-17(23-14-16(19)12-20-23)18(24)22-10-8-21(9-11-22)13-15-6-4-3-5-7-15/h3-7,12,14,17H,2,8-11,13H2,1H3. The van der Waals surface area contributed by atoms with Crippen LogP contribution in [0.5, 0.6) is 0 Å². The van der Waals surface area contributed by atoms with E-state index in [0.29, 0.717) is 11.4 Å². The predicted molar refractivity (Wildman–Crippen MR) is 94.9 cm³/mol. The molecule has 0 saturated carbocycles. The zero-order chi connectivity index (χ0) is 16.9. The molecule has 1 unspecified atom stereocenters. The fourth-order valence-electron chi connectivity index (χ4n) is 3.14. The summed E-state index contributed by atoms with van der Waals surface area (Å²) >= 11 is 5.93. The van der Waals surface area contributed by atoms with Crippen molar-refractivity contribution >= 4 is 17.5 Å². The smallest absolute Gasteiger partial charge is 0.247 e. The Bertz CT molecular complexity index is 665. The Hall–Kier alpha value is -1.85. The number of hydrogen-bond acceptors (Lipinski definition) is 3. The predicted octanol–water partition coefficient (Wildman–Crippen LogP) is 2.83. The first-order valence-electron chi connectivity index (χ1n) is 8.42. The lowest BCUT2D eigenvalue weighted by Crippen LogP contribution is -2.50. The van der Waals surface area contributed by atoms with Gasteiger partial charge < -0.3 is 4.90 Å². The number of amides is 1. The van der Waals surface area contributed by atoms with Crippen molar-refractivity contribution in [3.05, 3.63) is 53.3 Å². The quantitative estimate of drug-likeness (QED) is 0.836. The molecule has 1 aliphatic rings. The van der Waals surface area contributed by atoms with Crippen LogP contribution in [0.25, 0.3) is 0 Å². The van der Waals surface area contributed by atoms with E-state index in [2.05, 4.69) is 34.3 Å². The summed E-state index contributed by atoms with van der Waals surface area (Å²) < 4.78 is 1.68. The number of carbonyl (C=O) groups excluding carboxylic acids is 1. The van der Waals surface area contributed by atoms with Crippen molar-refractivity contribution in [1.29, 1.82) is 0 Å². The van der Waals surface area contributed by atoms with E-state index in [-0.39, 0.29) is 11.9 Å². The van der Waals surface area contributed by atoms with Gasteiger partial charge in [0.25, 0.3) is 0 Å². The molecule has 6 heteroatoms. The summed E-state index contributed by atoms with van der Waals surface area (Å²) in [6.07, 6.45) is 4.01. The molecule has 1 aromatic carbocycles. The minimum absolute atomic E-state index is 0.136. The highest BCUT2D eigenvalue weighted by atomic mass is 35.5. The molecule has 1 atom stereocenters. The van der Waals surface area contributed by atoms with Crippen LogP contribution >= 0.6 is 11.6 Å².